The molecule has 1 saturated heterocycles. The van der Waals surface area contributed by atoms with Gasteiger partial charge in [0.25, 0.3) is 0 Å². The lowest BCUT2D eigenvalue weighted by atomic mass is 9.49. The lowest BCUT2D eigenvalue weighted by Gasteiger charge is -2.61. The van der Waals surface area contributed by atoms with Crippen molar-refractivity contribution in [1.82, 2.24) is 5.32 Å². The van der Waals surface area contributed by atoms with Gasteiger partial charge < -0.3 is 15.5 Å². The number of aromatic hydroxyl groups is 1. The van der Waals surface area contributed by atoms with Crippen LogP contribution in [0.3, 0.4) is 0 Å². The highest BCUT2D eigenvalue weighted by atomic mass is 16.3. The van der Waals surface area contributed by atoms with Crippen molar-refractivity contribution in [3.05, 3.63) is 41.5 Å². The molecule has 3 aliphatic rings. The van der Waals surface area contributed by atoms with E-state index in [0.29, 0.717) is 5.75 Å². The number of phenolic OH excluding ortho intramolecular Hbond substituents is 1. The van der Waals surface area contributed by atoms with Crippen LogP contribution in [0.2, 0.25) is 0 Å². The molecule has 2 aliphatic carbocycles. The van der Waals surface area contributed by atoms with Gasteiger partial charge in [-0.3, -0.25) is 0 Å². The third-order valence-electron chi connectivity index (χ3n) is 5.79. The van der Waals surface area contributed by atoms with Crippen LogP contribution in [-0.2, 0) is 11.8 Å². The van der Waals surface area contributed by atoms with Crippen LogP contribution in [0.15, 0.2) is 30.4 Å². The van der Waals surface area contributed by atoms with E-state index >= 15 is 0 Å². The summed E-state index contributed by atoms with van der Waals surface area (Å²) in [5, 5.41) is 24.8. The number of aliphatic hydroxyl groups is 1. The topological polar surface area (TPSA) is 52.5 Å². The monoisotopic (exact) mass is 271 g/mol. The third kappa shape index (κ3) is 1.37. The van der Waals surface area contributed by atoms with Gasteiger partial charge in [-0.2, -0.15) is 0 Å². The number of benzene rings is 1. The summed E-state index contributed by atoms with van der Waals surface area (Å²) in [6.07, 6.45) is 4.29. The minimum atomic E-state index is -0.701. The lowest BCUT2D eigenvalue weighted by molar-refractivity contribution is -0.115. The molecule has 1 aliphatic heterocycles. The zero-order valence-electron chi connectivity index (χ0n) is 11.7. The molecule has 20 heavy (non-hydrogen) atoms. The van der Waals surface area contributed by atoms with E-state index in [9.17, 15) is 10.2 Å². The van der Waals surface area contributed by atoms with Gasteiger partial charge in [0.2, 0.25) is 0 Å². The van der Waals surface area contributed by atoms with Crippen LogP contribution < -0.4 is 5.32 Å². The average molecular weight is 271 g/mol. The van der Waals surface area contributed by atoms with Crippen LogP contribution >= 0.6 is 0 Å². The summed E-state index contributed by atoms with van der Waals surface area (Å²) in [6.45, 7) is 5.11. The molecule has 3 heteroatoms. The van der Waals surface area contributed by atoms with E-state index in [-0.39, 0.29) is 11.5 Å². The van der Waals surface area contributed by atoms with Crippen LogP contribution in [0.5, 0.6) is 5.75 Å². The Balaban J connectivity index is 1.98. The molecule has 1 heterocycles. The van der Waals surface area contributed by atoms with Crippen LogP contribution in [0.4, 0.5) is 0 Å². The predicted molar refractivity (Wildman–Crippen MR) is 77.8 cm³/mol. The maximum absolute atomic E-state index is 11.4. The van der Waals surface area contributed by atoms with E-state index in [1.54, 1.807) is 6.07 Å². The maximum Gasteiger partial charge on any atom is 0.115 e. The minimum Gasteiger partial charge on any atom is -0.508 e. The number of phenols is 1. The number of hydrogen-bond donors (Lipinski definition) is 3. The molecule has 106 valence electrons. The summed E-state index contributed by atoms with van der Waals surface area (Å²) in [6, 6.07) is 5.78. The molecule has 3 nitrogen and oxygen atoms in total. The number of nitrogens with one attached hydrogen (secondary N) is 1. The molecular weight excluding hydrogens is 250 g/mol. The first-order valence-electron chi connectivity index (χ1n) is 7.50. The first-order chi connectivity index (χ1) is 9.55. The summed E-state index contributed by atoms with van der Waals surface area (Å²) in [5.41, 5.74) is 2.68. The van der Waals surface area contributed by atoms with Crippen molar-refractivity contribution in [2.45, 2.75) is 49.2 Å². The van der Waals surface area contributed by atoms with E-state index in [4.69, 9.17) is 0 Å². The second-order valence-electron chi connectivity index (χ2n) is 6.74. The molecule has 0 spiro atoms. The lowest BCUT2D eigenvalue weighted by Crippen LogP contribution is -2.71. The Morgan fingerprint density at radius 2 is 2.15 bits per heavy atom. The number of allylic oxidation sites excluding steroid dienone is 1. The fraction of sp³-hybridized carbons (Fsp3) is 0.529. The quantitative estimate of drug-likeness (QED) is 0.633. The highest BCUT2D eigenvalue weighted by molar-refractivity contribution is 5.49. The van der Waals surface area contributed by atoms with Gasteiger partial charge in [-0.05, 0) is 61.9 Å². The Bertz CT molecular complexity index is 597. The molecule has 3 N–H and O–H groups in total. The zero-order valence-corrected chi connectivity index (χ0v) is 11.7. The number of rotatable bonds is 0. The van der Waals surface area contributed by atoms with Gasteiger partial charge >= 0.3 is 0 Å². The summed E-state index contributed by atoms with van der Waals surface area (Å²) in [4.78, 5) is 0. The highest BCUT2D eigenvalue weighted by Crippen LogP contribution is 2.57. The molecule has 2 bridgehead atoms. The van der Waals surface area contributed by atoms with E-state index in [1.807, 2.05) is 12.1 Å². The van der Waals surface area contributed by atoms with E-state index in [2.05, 4.69) is 11.9 Å². The van der Waals surface area contributed by atoms with E-state index < -0.39 is 5.60 Å². The van der Waals surface area contributed by atoms with Crippen molar-refractivity contribution in [3.63, 3.8) is 0 Å². The van der Waals surface area contributed by atoms with E-state index in [1.165, 1.54) is 11.1 Å². The second kappa shape index (κ2) is 3.86. The smallest absolute Gasteiger partial charge is 0.115 e. The van der Waals surface area contributed by atoms with Crippen LogP contribution in [-0.4, -0.2) is 28.4 Å². The molecule has 1 aromatic carbocycles. The van der Waals surface area contributed by atoms with Crippen LogP contribution in [0.1, 0.15) is 36.8 Å². The molecule has 1 saturated carbocycles. The van der Waals surface area contributed by atoms with Crippen molar-refractivity contribution >= 4 is 0 Å². The van der Waals surface area contributed by atoms with Crippen LogP contribution in [0, 0.1) is 0 Å². The Hall–Kier alpha value is -1.32. The average Bonchev–Trinajstić information content (AvgIpc) is 2.41. The van der Waals surface area contributed by atoms with Gasteiger partial charge in [0.05, 0.1) is 5.60 Å². The van der Waals surface area contributed by atoms with Gasteiger partial charge in [0.1, 0.15) is 5.75 Å². The van der Waals surface area contributed by atoms with Gasteiger partial charge in [0.15, 0.2) is 0 Å². The summed E-state index contributed by atoms with van der Waals surface area (Å²) in [7, 11) is 0. The number of piperidine rings is 1. The van der Waals surface area contributed by atoms with Gasteiger partial charge in [-0.1, -0.05) is 18.2 Å². The van der Waals surface area contributed by atoms with Gasteiger partial charge in [0, 0.05) is 11.5 Å². The predicted octanol–water partition coefficient (Wildman–Crippen LogP) is 2.02. The Labute approximate surface area is 119 Å². The SMILES string of the molecule is C=C1CCC2(O)[C@H]3Cc4ccc(O)cc4[C@@]2(CCN3)C1. The Morgan fingerprint density at radius 3 is 3.00 bits per heavy atom. The van der Waals surface area contributed by atoms with Crippen molar-refractivity contribution in [1.29, 1.82) is 0 Å². The largest absolute Gasteiger partial charge is 0.508 e. The molecule has 0 radical (unpaired) electrons. The fourth-order valence-electron chi connectivity index (χ4n) is 4.83. The summed E-state index contributed by atoms with van der Waals surface area (Å²) < 4.78 is 0. The van der Waals surface area contributed by atoms with Crippen molar-refractivity contribution in [3.8, 4) is 5.75 Å². The summed E-state index contributed by atoms with van der Waals surface area (Å²) in [5.74, 6) is 0.300. The van der Waals surface area contributed by atoms with E-state index in [0.717, 1.165) is 44.2 Å². The Morgan fingerprint density at radius 1 is 1.30 bits per heavy atom. The van der Waals surface area contributed by atoms with Gasteiger partial charge in [-0.25, -0.2) is 0 Å². The first kappa shape index (κ1) is 12.4. The standard InChI is InChI=1S/C17H21NO2/c1-11-4-5-17(20)15-8-12-2-3-13(19)9-14(12)16(17,10-11)6-7-18-15/h2-3,9,15,18-20H,1,4-8,10H2/t15-,16-,17?/m1/s1. The highest BCUT2D eigenvalue weighted by Gasteiger charge is 2.61. The molecule has 3 atom stereocenters. The third-order valence-corrected chi connectivity index (χ3v) is 5.79. The number of fused-ring (bicyclic) bond motifs is 1. The Kier molecular flexibility index (Phi) is 2.40. The van der Waals surface area contributed by atoms with Crippen LogP contribution in [0.25, 0.3) is 0 Å². The molecule has 0 amide bonds. The fourth-order valence-corrected chi connectivity index (χ4v) is 4.83. The molecular formula is C17H21NO2. The maximum atomic E-state index is 11.4. The molecule has 2 fully saturated rings. The van der Waals surface area contributed by atoms with Crippen molar-refractivity contribution in [2.75, 3.05) is 6.54 Å². The molecule has 1 aromatic rings. The normalized spacial score (nSPS) is 39.0. The number of hydrogen-bond acceptors (Lipinski definition) is 3. The van der Waals surface area contributed by atoms with Crippen molar-refractivity contribution < 1.29 is 10.2 Å². The summed E-state index contributed by atoms with van der Waals surface area (Å²) >= 11 is 0. The van der Waals surface area contributed by atoms with Crippen molar-refractivity contribution in [2.24, 2.45) is 0 Å². The minimum absolute atomic E-state index is 0.126. The zero-order chi connectivity index (χ0) is 14.0. The first-order valence-corrected chi connectivity index (χ1v) is 7.50. The molecule has 4 rings (SSSR count). The molecule has 0 aromatic heterocycles. The van der Waals surface area contributed by atoms with Gasteiger partial charge in [-0.15, -0.1) is 0 Å². The second-order valence-corrected chi connectivity index (χ2v) is 6.74. The molecule has 1 unspecified atom stereocenters.